The van der Waals surface area contributed by atoms with Crippen LogP contribution in [0.3, 0.4) is 0 Å². The summed E-state index contributed by atoms with van der Waals surface area (Å²) < 4.78 is 0. The fourth-order valence-electron chi connectivity index (χ4n) is 2.16. The van der Waals surface area contributed by atoms with Crippen molar-refractivity contribution in [3.05, 3.63) is 59.9 Å². The first-order chi connectivity index (χ1) is 8.64. The van der Waals surface area contributed by atoms with E-state index in [-0.39, 0.29) is 5.41 Å². The molecule has 2 rings (SSSR count). The van der Waals surface area contributed by atoms with E-state index in [2.05, 4.69) is 18.0 Å². The maximum Gasteiger partial charge on any atom is 0.0316 e. The van der Waals surface area contributed by atoms with Gasteiger partial charge in [0.15, 0.2) is 0 Å². The molecule has 0 aliphatic carbocycles. The fourth-order valence-corrected chi connectivity index (χ4v) is 2.16. The third-order valence-electron chi connectivity index (χ3n) is 3.38. The van der Waals surface area contributed by atoms with Crippen molar-refractivity contribution in [3.8, 4) is 0 Å². The Bertz CT molecular complexity index is 510. The molecule has 0 amide bonds. The lowest BCUT2D eigenvalue weighted by Crippen LogP contribution is -2.34. The highest BCUT2D eigenvalue weighted by molar-refractivity contribution is 5.44. The number of nitrogen functional groups attached to an aromatic ring is 1. The summed E-state index contributed by atoms with van der Waals surface area (Å²) in [5.41, 5.74) is 14.9. The Morgan fingerprint density at radius 2 is 1.89 bits per heavy atom. The van der Waals surface area contributed by atoms with Crippen LogP contribution in [0.2, 0.25) is 0 Å². The lowest BCUT2D eigenvalue weighted by molar-refractivity contribution is 0.481. The fraction of sp³-hybridized carbons (Fsp3) is 0.267. The first kappa shape index (κ1) is 12.6. The van der Waals surface area contributed by atoms with Crippen LogP contribution in [0.1, 0.15) is 18.1 Å². The second-order valence-electron chi connectivity index (χ2n) is 4.92. The minimum Gasteiger partial charge on any atom is -0.399 e. The number of rotatable bonds is 4. The van der Waals surface area contributed by atoms with Crippen LogP contribution in [0.5, 0.6) is 0 Å². The van der Waals surface area contributed by atoms with Gasteiger partial charge < -0.3 is 11.5 Å². The largest absolute Gasteiger partial charge is 0.399 e. The Balaban J connectivity index is 2.31. The number of hydrogen-bond acceptors (Lipinski definition) is 3. The number of aromatic nitrogens is 1. The van der Waals surface area contributed by atoms with Gasteiger partial charge in [0.2, 0.25) is 0 Å². The number of hydrogen-bond donors (Lipinski definition) is 2. The molecule has 1 heterocycles. The average Bonchev–Trinajstić information content (AvgIpc) is 2.40. The molecule has 1 aromatic heterocycles. The van der Waals surface area contributed by atoms with Gasteiger partial charge in [0.25, 0.3) is 0 Å². The SMILES string of the molecule is CC(CN)(Cc1ccncc1)c1cccc(N)c1. The second kappa shape index (κ2) is 5.19. The van der Waals surface area contributed by atoms with Crippen molar-refractivity contribution in [2.75, 3.05) is 12.3 Å². The van der Waals surface area contributed by atoms with Crippen LogP contribution in [0.25, 0.3) is 0 Å². The molecule has 0 fully saturated rings. The van der Waals surface area contributed by atoms with Gasteiger partial charge in [0.1, 0.15) is 0 Å². The Hall–Kier alpha value is -1.87. The van der Waals surface area contributed by atoms with Gasteiger partial charge in [0, 0.05) is 30.0 Å². The molecule has 0 spiro atoms. The van der Waals surface area contributed by atoms with Gasteiger partial charge in [-0.15, -0.1) is 0 Å². The Morgan fingerprint density at radius 3 is 2.50 bits per heavy atom. The highest BCUT2D eigenvalue weighted by atomic mass is 14.6. The standard InChI is InChI=1S/C15H19N3/c1-15(11-16,10-12-5-7-18-8-6-12)13-3-2-4-14(17)9-13/h2-9H,10-11,16-17H2,1H3. The molecule has 0 aliphatic rings. The van der Waals surface area contributed by atoms with Crippen molar-refractivity contribution in [2.45, 2.75) is 18.8 Å². The lowest BCUT2D eigenvalue weighted by Gasteiger charge is -2.29. The van der Waals surface area contributed by atoms with Crippen molar-refractivity contribution in [3.63, 3.8) is 0 Å². The molecule has 0 saturated heterocycles. The van der Waals surface area contributed by atoms with Crippen LogP contribution >= 0.6 is 0 Å². The summed E-state index contributed by atoms with van der Waals surface area (Å²) in [7, 11) is 0. The Labute approximate surface area is 108 Å². The molecule has 2 aromatic rings. The highest BCUT2D eigenvalue weighted by Crippen LogP contribution is 2.28. The van der Waals surface area contributed by atoms with Crippen molar-refractivity contribution in [1.29, 1.82) is 0 Å². The number of anilines is 1. The predicted molar refractivity (Wildman–Crippen MR) is 75.2 cm³/mol. The zero-order valence-corrected chi connectivity index (χ0v) is 10.6. The third kappa shape index (κ3) is 2.68. The van der Waals surface area contributed by atoms with Crippen molar-refractivity contribution < 1.29 is 0 Å². The Kier molecular flexibility index (Phi) is 3.63. The first-order valence-electron chi connectivity index (χ1n) is 6.09. The van der Waals surface area contributed by atoms with Gasteiger partial charge in [-0.05, 0) is 41.8 Å². The Morgan fingerprint density at radius 1 is 1.17 bits per heavy atom. The molecule has 94 valence electrons. The van der Waals surface area contributed by atoms with E-state index in [4.69, 9.17) is 11.5 Å². The minimum absolute atomic E-state index is 0.100. The van der Waals surface area contributed by atoms with Gasteiger partial charge >= 0.3 is 0 Å². The summed E-state index contributed by atoms with van der Waals surface area (Å²) in [6.45, 7) is 2.75. The topological polar surface area (TPSA) is 64.9 Å². The van der Waals surface area contributed by atoms with Gasteiger partial charge in [-0.3, -0.25) is 4.98 Å². The molecule has 4 N–H and O–H groups in total. The molecule has 1 atom stereocenters. The van der Waals surface area contributed by atoms with E-state index in [9.17, 15) is 0 Å². The monoisotopic (exact) mass is 241 g/mol. The number of benzene rings is 1. The third-order valence-corrected chi connectivity index (χ3v) is 3.38. The van der Waals surface area contributed by atoms with E-state index in [1.54, 1.807) is 0 Å². The molecule has 3 heteroatoms. The van der Waals surface area contributed by atoms with Gasteiger partial charge in [-0.1, -0.05) is 19.1 Å². The van der Waals surface area contributed by atoms with Crippen LogP contribution in [0.15, 0.2) is 48.8 Å². The molecule has 0 bridgehead atoms. The van der Waals surface area contributed by atoms with E-state index in [0.29, 0.717) is 6.54 Å². The van der Waals surface area contributed by atoms with Crippen LogP contribution in [-0.4, -0.2) is 11.5 Å². The number of nitrogens with zero attached hydrogens (tertiary/aromatic N) is 1. The zero-order chi connectivity index (χ0) is 13.0. The van der Waals surface area contributed by atoms with Crippen molar-refractivity contribution in [1.82, 2.24) is 4.98 Å². The highest BCUT2D eigenvalue weighted by Gasteiger charge is 2.25. The lowest BCUT2D eigenvalue weighted by atomic mass is 9.77. The number of pyridine rings is 1. The summed E-state index contributed by atoms with van der Waals surface area (Å²) >= 11 is 0. The van der Waals surface area contributed by atoms with Gasteiger partial charge in [-0.25, -0.2) is 0 Å². The maximum atomic E-state index is 5.98. The summed E-state index contributed by atoms with van der Waals surface area (Å²) in [6.07, 6.45) is 4.51. The maximum absolute atomic E-state index is 5.98. The van der Waals surface area contributed by atoms with Crippen LogP contribution in [-0.2, 0) is 11.8 Å². The van der Waals surface area contributed by atoms with Crippen molar-refractivity contribution >= 4 is 5.69 Å². The van der Waals surface area contributed by atoms with E-state index in [0.717, 1.165) is 12.1 Å². The summed E-state index contributed by atoms with van der Waals surface area (Å²) in [5, 5.41) is 0. The van der Waals surface area contributed by atoms with Crippen LogP contribution in [0.4, 0.5) is 5.69 Å². The summed E-state index contributed by atoms with van der Waals surface area (Å²) in [6, 6.07) is 12.0. The normalized spacial score (nSPS) is 14.1. The van der Waals surface area contributed by atoms with E-state index >= 15 is 0 Å². The zero-order valence-electron chi connectivity index (χ0n) is 10.6. The minimum atomic E-state index is -0.100. The molecular weight excluding hydrogens is 222 g/mol. The van der Waals surface area contributed by atoms with E-state index in [1.165, 1.54) is 11.1 Å². The molecule has 0 radical (unpaired) electrons. The predicted octanol–water partition coefficient (Wildman–Crippen LogP) is 2.12. The summed E-state index contributed by atoms with van der Waals surface area (Å²) in [4.78, 5) is 4.04. The summed E-state index contributed by atoms with van der Waals surface area (Å²) in [5.74, 6) is 0. The molecule has 1 unspecified atom stereocenters. The van der Waals surface area contributed by atoms with Gasteiger partial charge in [0.05, 0.1) is 0 Å². The molecule has 1 aromatic carbocycles. The van der Waals surface area contributed by atoms with Crippen LogP contribution < -0.4 is 11.5 Å². The average molecular weight is 241 g/mol. The molecular formula is C15H19N3. The molecule has 0 saturated carbocycles. The van der Waals surface area contributed by atoms with Crippen molar-refractivity contribution in [2.24, 2.45) is 5.73 Å². The van der Waals surface area contributed by atoms with E-state index in [1.807, 2.05) is 42.7 Å². The van der Waals surface area contributed by atoms with E-state index < -0.39 is 0 Å². The smallest absolute Gasteiger partial charge is 0.0316 e. The van der Waals surface area contributed by atoms with Crippen LogP contribution in [0, 0.1) is 0 Å². The molecule has 0 aliphatic heterocycles. The molecule has 18 heavy (non-hydrogen) atoms. The quantitative estimate of drug-likeness (QED) is 0.806. The van der Waals surface area contributed by atoms with Gasteiger partial charge in [-0.2, -0.15) is 0 Å². The second-order valence-corrected chi connectivity index (χ2v) is 4.92. The number of nitrogens with two attached hydrogens (primary N) is 2. The first-order valence-corrected chi connectivity index (χ1v) is 6.09. The molecule has 3 nitrogen and oxygen atoms in total.